The predicted octanol–water partition coefficient (Wildman–Crippen LogP) is 5.70. The average Bonchev–Trinajstić information content (AvgIpc) is 3.70. The Bertz CT molecular complexity index is 1600. The summed E-state index contributed by atoms with van der Waals surface area (Å²) in [6.07, 6.45) is 15.9. The fourth-order valence-electron chi connectivity index (χ4n) is 3.89. The van der Waals surface area contributed by atoms with Crippen molar-refractivity contribution in [2.24, 2.45) is 0 Å². The molecular formula is C34H24N4PPt2-3. The quantitative estimate of drug-likeness (QED) is 0.129. The number of anilines is 1. The van der Waals surface area contributed by atoms with Crippen LogP contribution in [0.2, 0.25) is 0 Å². The standard InChI is InChI=1S/C28H20N3P.C6H4N.2Pt/c1-30-16-17-31(21-30)25-11-7-13-27(20-25)32(2)26-12-6-10-24(18-26)28-19-23(14-15-29-28)22-8-4-3-5-9-22;1-2-7-5-3-4-6-7;;/h3-8,11-17,21H,1-2H3;3-6H;;/q-6;-1;;+4. The van der Waals surface area contributed by atoms with E-state index in [2.05, 4.69) is 77.2 Å². The number of hydrogen-bond acceptors (Lipinski definition) is 3. The van der Waals surface area contributed by atoms with E-state index in [1.165, 1.54) is 5.30 Å². The number of hydrogen-bond donors (Lipinski definition) is 0. The van der Waals surface area contributed by atoms with Crippen molar-refractivity contribution in [3.63, 3.8) is 0 Å². The molecule has 2 aromatic heterocycles. The van der Waals surface area contributed by atoms with Crippen LogP contribution in [0, 0.1) is 49.5 Å². The molecule has 3 heterocycles. The number of nitrogens with zero attached hydrogens (tertiary/aromatic N) is 4. The van der Waals surface area contributed by atoms with E-state index in [1.54, 1.807) is 23.2 Å². The third kappa shape index (κ3) is 8.41. The summed E-state index contributed by atoms with van der Waals surface area (Å²) in [6, 6.07) is 43.1. The maximum Gasteiger partial charge on any atom is 4.00 e. The zero-order chi connectivity index (χ0) is 27.0. The van der Waals surface area contributed by atoms with Crippen LogP contribution in [0.3, 0.4) is 0 Å². The Hall–Kier alpha value is -3.20. The van der Waals surface area contributed by atoms with E-state index in [-0.39, 0.29) is 42.1 Å². The Morgan fingerprint density at radius 1 is 0.854 bits per heavy atom. The van der Waals surface area contributed by atoms with Crippen LogP contribution in [-0.2, 0) is 42.1 Å². The van der Waals surface area contributed by atoms with Crippen molar-refractivity contribution in [2.75, 3.05) is 18.6 Å². The van der Waals surface area contributed by atoms with Crippen molar-refractivity contribution in [1.29, 1.82) is 0 Å². The van der Waals surface area contributed by atoms with Gasteiger partial charge in [0.25, 0.3) is 0 Å². The van der Waals surface area contributed by atoms with E-state index in [4.69, 9.17) is 6.42 Å². The molecule has 4 nitrogen and oxygen atoms in total. The van der Waals surface area contributed by atoms with Crippen LogP contribution in [0.4, 0.5) is 5.69 Å². The molecule has 6 rings (SSSR count). The molecule has 1 aliphatic heterocycles. The number of aromatic nitrogens is 2. The first-order chi connectivity index (χ1) is 19.1. The second-order valence-electron chi connectivity index (χ2n) is 8.64. The molecule has 0 amide bonds. The van der Waals surface area contributed by atoms with E-state index in [0.29, 0.717) is 0 Å². The van der Waals surface area contributed by atoms with Crippen molar-refractivity contribution < 1.29 is 42.1 Å². The Kier molecular flexibility index (Phi) is 12.4. The van der Waals surface area contributed by atoms with Gasteiger partial charge in [0.05, 0.1) is 0 Å². The first-order valence-electron chi connectivity index (χ1n) is 12.3. The largest absolute Gasteiger partial charge is 4.00 e. The summed E-state index contributed by atoms with van der Waals surface area (Å²) < 4.78 is 1.54. The van der Waals surface area contributed by atoms with Gasteiger partial charge in [-0.05, 0) is 44.4 Å². The third-order valence-electron chi connectivity index (χ3n) is 5.92. The van der Waals surface area contributed by atoms with Crippen molar-refractivity contribution in [2.45, 2.75) is 0 Å². The van der Waals surface area contributed by atoms with Gasteiger partial charge in [0, 0.05) is 33.5 Å². The molecule has 1 unspecified atom stereocenters. The zero-order valence-electron chi connectivity index (χ0n) is 22.3. The summed E-state index contributed by atoms with van der Waals surface area (Å²) in [7, 11) is 1.39. The topological polar surface area (TPSA) is 24.3 Å². The molecule has 3 aromatic carbocycles. The minimum atomic E-state index is -0.628. The van der Waals surface area contributed by atoms with Crippen LogP contribution in [0.5, 0.6) is 0 Å². The summed E-state index contributed by atoms with van der Waals surface area (Å²) in [5.41, 5.74) is 4.55. The Labute approximate surface area is 273 Å². The molecule has 0 spiro atoms. The molecule has 0 aliphatic carbocycles. The minimum Gasteiger partial charge on any atom is -0.669 e. The van der Waals surface area contributed by atoms with Crippen LogP contribution in [0.1, 0.15) is 0 Å². The molecule has 0 bridgehead atoms. The maximum absolute atomic E-state index is 6.57. The van der Waals surface area contributed by atoms with E-state index in [9.17, 15) is 0 Å². The monoisotopic (exact) mass is 909 g/mol. The molecular weight excluding hydrogens is 886 g/mol. The number of rotatable bonds is 5. The molecule has 208 valence electrons. The first-order valence-corrected chi connectivity index (χ1v) is 14.0. The van der Waals surface area contributed by atoms with Crippen LogP contribution >= 0.6 is 7.92 Å². The van der Waals surface area contributed by atoms with E-state index in [1.807, 2.05) is 79.5 Å². The Balaban J connectivity index is 0.000000452. The van der Waals surface area contributed by atoms with Gasteiger partial charge < -0.3 is 43.5 Å². The van der Waals surface area contributed by atoms with Crippen LogP contribution in [-0.4, -0.2) is 28.2 Å². The average molecular weight is 910 g/mol. The first kappa shape index (κ1) is 32.3. The van der Waals surface area contributed by atoms with Gasteiger partial charge in [-0.15, -0.1) is 25.0 Å². The van der Waals surface area contributed by atoms with E-state index < -0.39 is 7.92 Å². The van der Waals surface area contributed by atoms with E-state index >= 15 is 0 Å². The molecule has 41 heavy (non-hydrogen) atoms. The van der Waals surface area contributed by atoms with Gasteiger partial charge in [-0.3, -0.25) is 6.07 Å². The summed E-state index contributed by atoms with van der Waals surface area (Å²) in [5, 5.41) is 2.30. The van der Waals surface area contributed by atoms with Gasteiger partial charge in [-0.2, -0.15) is 67.0 Å². The molecule has 1 atom stereocenters. The van der Waals surface area contributed by atoms with Gasteiger partial charge in [0.2, 0.25) is 0 Å². The van der Waals surface area contributed by atoms with Gasteiger partial charge in [0.1, 0.15) is 0 Å². The van der Waals surface area contributed by atoms with Crippen LogP contribution in [0.15, 0.2) is 104 Å². The normalized spacial score (nSPS) is 12.3. The smallest absolute Gasteiger partial charge is 0.669 e. The Morgan fingerprint density at radius 2 is 1.66 bits per heavy atom. The SMILES string of the molecule is CN1C=CN(c2[c-]c(P(C)c3[c-]c(-c4[c-]c(-c5[c-]cccc5)ccn4)[c-]cc3)ccc2)[CH-]1.[C-]#Cn1cccc1.[Pt+4].[Pt]. The summed E-state index contributed by atoms with van der Waals surface area (Å²) in [5.74, 6) is 0. The van der Waals surface area contributed by atoms with Gasteiger partial charge in [-0.1, -0.05) is 0 Å². The minimum absolute atomic E-state index is 0. The molecule has 0 radical (unpaired) electrons. The molecule has 0 saturated carbocycles. The molecule has 5 aromatic rings. The van der Waals surface area contributed by atoms with Gasteiger partial charge >= 0.3 is 21.1 Å². The second kappa shape index (κ2) is 15.7. The van der Waals surface area contributed by atoms with E-state index in [0.717, 1.165) is 33.4 Å². The van der Waals surface area contributed by atoms with Crippen molar-refractivity contribution >= 4 is 24.2 Å². The van der Waals surface area contributed by atoms with Crippen molar-refractivity contribution in [1.82, 2.24) is 14.5 Å². The van der Waals surface area contributed by atoms with Crippen molar-refractivity contribution in [3.05, 3.63) is 147 Å². The zero-order valence-corrected chi connectivity index (χ0v) is 27.7. The summed E-state index contributed by atoms with van der Waals surface area (Å²) >= 11 is 0. The summed E-state index contributed by atoms with van der Waals surface area (Å²) in [6.45, 7) is 4.27. The van der Waals surface area contributed by atoms with Crippen LogP contribution < -0.4 is 15.5 Å². The van der Waals surface area contributed by atoms with Crippen molar-refractivity contribution in [3.8, 4) is 28.4 Å². The second-order valence-corrected chi connectivity index (χ2v) is 10.7. The maximum atomic E-state index is 6.57. The fourth-order valence-corrected chi connectivity index (χ4v) is 5.32. The molecule has 0 fully saturated rings. The van der Waals surface area contributed by atoms with Gasteiger partial charge in [0.15, 0.2) is 0 Å². The number of benzene rings is 3. The van der Waals surface area contributed by atoms with Gasteiger partial charge in [-0.25, -0.2) is 34.6 Å². The predicted molar refractivity (Wildman–Crippen MR) is 158 cm³/mol. The third-order valence-corrected chi connectivity index (χ3v) is 7.89. The molecule has 0 saturated heterocycles. The fraction of sp³-hybridized carbons (Fsp3) is 0.0588. The Morgan fingerprint density at radius 3 is 2.34 bits per heavy atom. The molecule has 7 heteroatoms. The van der Waals surface area contributed by atoms with Crippen LogP contribution in [0.25, 0.3) is 22.4 Å². The number of pyridine rings is 1. The molecule has 0 N–H and O–H groups in total. The molecule has 1 aliphatic rings. The summed E-state index contributed by atoms with van der Waals surface area (Å²) in [4.78, 5) is 8.62.